The Bertz CT molecular complexity index is 819. The highest BCUT2D eigenvalue weighted by atomic mass is 16.5. The Labute approximate surface area is 140 Å². The van der Waals surface area contributed by atoms with E-state index in [1.54, 1.807) is 12.0 Å². The summed E-state index contributed by atoms with van der Waals surface area (Å²) < 4.78 is 5.30. The van der Waals surface area contributed by atoms with E-state index in [1.165, 1.54) is 0 Å². The smallest absolute Gasteiger partial charge is 0.247 e. The third-order valence-corrected chi connectivity index (χ3v) is 4.92. The van der Waals surface area contributed by atoms with Gasteiger partial charge in [-0.05, 0) is 30.2 Å². The molecule has 5 nitrogen and oxygen atoms in total. The van der Waals surface area contributed by atoms with E-state index in [4.69, 9.17) is 4.74 Å². The van der Waals surface area contributed by atoms with E-state index in [2.05, 4.69) is 5.32 Å². The Morgan fingerprint density at radius 2 is 1.96 bits per heavy atom. The van der Waals surface area contributed by atoms with Crippen LogP contribution >= 0.6 is 0 Å². The summed E-state index contributed by atoms with van der Waals surface area (Å²) in [5.74, 6) is 0.296. The zero-order valence-corrected chi connectivity index (χ0v) is 13.4. The summed E-state index contributed by atoms with van der Waals surface area (Å²) in [6, 6.07) is 15.3. The van der Waals surface area contributed by atoms with E-state index in [0.717, 1.165) is 16.8 Å². The van der Waals surface area contributed by atoms with Crippen molar-refractivity contribution in [2.24, 2.45) is 0 Å². The molecule has 2 aliphatic rings. The molecule has 0 radical (unpaired) electrons. The number of methoxy groups -OCH3 is 1. The summed E-state index contributed by atoms with van der Waals surface area (Å²) in [6.07, 6.45) is 0.482. The van der Waals surface area contributed by atoms with Gasteiger partial charge in [0.1, 0.15) is 5.75 Å². The van der Waals surface area contributed by atoms with Crippen molar-refractivity contribution in [3.63, 3.8) is 0 Å². The highest BCUT2D eigenvalue weighted by molar-refractivity contribution is 6.22. The summed E-state index contributed by atoms with van der Waals surface area (Å²) >= 11 is 0. The molecule has 5 heteroatoms. The summed E-state index contributed by atoms with van der Waals surface area (Å²) in [4.78, 5) is 27.5. The predicted molar refractivity (Wildman–Crippen MR) is 89.9 cm³/mol. The van der Waals surface area contributed by atoms with Crippen LogP contribution in [-0.2, 0) is 21.5 Å². The number of rotatable bonds is 3. The lowest BCUT2D eigenvalue weighted by molar-refractivity contribution is -0.133. The average molecular weight is 322 g/mol. The van der Waals surface area contributed by atoms with Crippen molar-refractivity contribution >= 4 is 17.5 Å². The van der Waals surface area contributed by atoms with Gasteiger partial charge < -0.3 is 15.0 Å². The first kappa shape index (κ1) is 14.8. The Kier molecular flexibility index (Phi) is 3.30. The van der Waals surface area contributed by atoms with Gasteiger partial charge >= 0.3 is 0 Å². The Hall–Kier alpha value is -2.82. The third-order valence-electron chi connectivity index (χ3n) is 4.92. The van der Waals surface area contributed by atoms with E-state index >= 15 is 0 Å². The van der Waals surface area contributed by atoms with Crippen LogP contribution in [0.25, 0.3) is 0 Å². The highest BCUT2D eigenvalue weighted by Crippen LogP contribution is 2.47. The minimum atomic E-state index is -1.11. The zero-order valence-electron chi connectivity index (χ0n) is 13.4. The number of carbonyl (C=O) groups is 2. The largest absolute Gasteiger partial charge is 0.497 e. The van der Waals surface area contributed by atoms with Gasteiger partial charge in [0.05, 0.1) is 13.7 Å². The first-order valence-corrected chi connectivity index (χ1v) is 7.99. The number of amides is 2. The maximum absolute atomic E-state index is 13.2. The van der Waals surface area contributed by atoms with Crippen molar-refractivity contribution in [1.82, 2.24) is 5.32 Å². The van der Waals surface area contributed by atoms with Crippen molar-refractivity contribution in [2.75, 3.05) is 18.6 Å². The molecular weight excluding hydrogens is 304 g/mol. The van der Waals surface area contributed by atoms with Crippen molar-refractivity contribution in [3.8, 4) is 5.75 Å². The van der Waals surface area contributed by atoms with Crippen LogP contribution in [0.4, 0.5) is 5.69 Å². The number of ether oxygens (including phenoxy) is 1. The van der Waals surface area contributed by atoms with E-state index in [0.29, 0.717) is 25.3 Å². The number of benzene rings is 2. The van der Waals surface area contributed by atoms with Crippen LogP contribution in [0.3, 0.4) is 0 Å². The molecule has 0 unspecified atom stereocenters. The van der Waals surface area contributed by atoms with E-state index < -0.39 is 5.41 Å². The van der Waals surface area contributed by atoms with Crippen LogP contribution < -0.4 is 15.0 Å². The quantitative estimate of drug-likeness (QED) is 0.879. The molecule has 0 aliphatic carbocycles. The van der Waals surface area contributed by atoms with Gasteiger partial charge in [0.15, 0.2) is 5.41 Å². The zero-order chi connectivity index (χ0) is 16.7. The van der Waals surface area contributed by atoms with Crippen molar-refractivity contribution in [1.29, 1.82) is 0 Å². The van der Waals surface area contributed by atoms with Gasteiger partial charge in [-0.15, -0.1) is 0 Å². The first-order chi connectivity index (χ1) is 11.7. The van der Waals surface area contributed by atoms with E-state index in [1.807, 2.05) is 48.5 Å². The molecule has 122 valence electrons. The monoisotopic (exact) mass is 322 g/mol. The average Bonchev–Trinajstić information content (AvgIpc) is 3.11. The molecule has 0 bridgehead atoms. The van der Waals surface area contributed by atoms with Crippen LogP contribution in [0.5, 0.6) is 5.75 Å². The predicted octanol–water partition coefficient (Wildman–Crippen LogP) is 2.00. The normalized spacial score (nSPS) is 22.0. The standard InChI is InChI=1S/C19H18N2O3/c1-24-14-7-8-16-15(11-14)19(9-10-20-17(19)22)18(23)21(16)12-13-5-3-2-4-6-13/h2-8,11H,9-10,12H2,1H3,(H,20,22)/t19-/m1/s1. The number of hydrogen-bond acceptors (Lipinski definition) is 3. The molecule has 0 aromatic heterocycles. The Morgan fingerprint density at radius 1 is 1.17 bits per heavy atom. The second-order valence-corrected chi connectivity index (χ2v) is 6.17. The molecule has 2 aliphatic heterocycles. The van der Waals surface area contributed by atoms with Gasteiger partial charge in [0.2, 0.25) is 11.8 Å². The molecule has 2 aromatic rings. The minimum absolute atomic E-state index is 0.149. The van der Waals surface area contributed by atoms with Crippen LogP contribution in [0, 0.1) is 0 Å². The maximum atomic E-state index is 13.2. The number of anilines is 1. The van der Waals surface area contributed by atoms with Gasteiger partial charge in [-0.25, -0.2) is 0 Å². The molecule has 1 atom stereocenters. The molecule has 1 spiro atoms. The van der Waals surface area contributed by atoms with E-state index in [9.17, 15) is 9.59 Å². The number of nitrogens with zero attached hydrogens (tertiary/aromatic N) is 1. The fourth-order valence-corrected chi connectivity index (χ4v) is 3.69. The lowest BCUT2D eigenvalue weighted by Crippen LogP contribution is -2.45. The van der Waals surface area contributed by atoms with Gasteiger partial charge in [-0.1, -0.05) is 30.3 Å². The van der Waals surface area contributed by atoms with Crippen LogP contribution in [-0.4, -0.2) is 25.5 Å². The number of carbonyl (C=O) groups excluding carboxylic acids is 2. The lowest BCUT2D eigenvalue weighted by Gasteiger charge is -2.21. The lowest BCUT2D eigenvalue weighted by atomic mass is 9.80. The van der Waals surface area contributed by atoms with Gasteiger partial charge in [-0.2, -0.15) is 0 Å². The number of hydrogen-bond donors (Lipinski definition) is 1. The van der Waals surface area contributed by atoms with Crippen LogP contribution in [0.1, 0.15) is 17.5 Å². The number of nitrogens with one attached hydrogen (secondary N) is 1. The Morgan fingerprint density at radius 3 is 2.62 bits per heavy atom. The van der Waals surface area contributed by atoms with Gasteiger partial charge in [-0.3, -0.25) is 9.59 Å². The third kappa shape index (κ3) is 1.94. The summed E-state index contributed by atoms with van der Waals surface area (Å²) in [7, 11) is 1.58. The van der Waals surface area contributed by atoms with Crippen molar-refractivity contribution in [2.45, 2.75) is 18.4 Å². The molecule has 1 fully saturated rings. The fraction of sp³-hybridized carbons (Fsp3) is 0.263. The second-order valence-electron chi connectivity index (χ2n) is 6.17. The summed E-state index contributed by atoms with van der Waals surface area (Å²) in [5, 5.41) is 2.82. The molecule has 24 heavy (non-hydrogen) atoms. The first-order valence-electron chi connectivity index (χ1n) is 7.99. The van der Waals surface area contributed by atoms with Gasteiger partial charge in [0.25, 0.3) is 0 Å². The Balaban J connectivity index is 1.83. The van der Waals surface area contributed by atoms with Crippen LogP contribution in [0.2, 0.25) is 0 Å². The maximum Gasteiger partial charge on any atom is 0.247 e. The molecule has 2 amide bonds. The molecule has 2 heterocycles. The van der Waals surface area contributed by atoms with Crippen molar-refractivity contribution < 1.29 is 14.3 Å². The number of fused-ring (bicyclic) bond motifs is 2. The fourth-order valence-electron chi connectivity index (χ4n) is 3.69. The summed E-state index contributed by atoms with van der Waals surface area (Å²) in [5.41, 5.74) is 1.46. The molecule has 0 saturated carbocycles. The van der Waals surface area contributed by atoms with Gasteiger partial charge in [0, 0.05) is 17.8 Å². The van der Waals surface area contributed by atoms with E-state index in [-0.39, 0.29) is 11.8 Å². The van der Waals surface area contributed by atoms with Crippen molar-refractivity contribution in [3.05, 3.63) is 59.7 Å². The molecule has 2 aromatic carbocycles. The molecule has 4 rings (SSSR count). The topological polar surface area (TPSA) is 58.6 Å². The molecule has 1 N–H and O–H groups in total. The second kappa shape index (κ2) is 5.37. The summed E-state index contributed by atoms with van der Waals surface area (Å²) in [6.45, 7) is 0.967. The molecule has 1 saturated heterocycles. The molecular formula is C19H18N2O3. The van der Waals surface area contributed by atoms with Crippen LogP contribution in [0.15, 0.2) is 48.5 Å². The minimum Gasteiger partial charge on any atom is -0.497 e. The SMILES string of the molecule is COc1ccc2c(c1)[C@@]1(CCNC1=O)C(=O)N2Cc1ccccc1. The highest BCUT2D eigenvalue weighted by Gasteiger charge is 2.58.